The van der Waals surface area contributed by atoms with E-state index in [0.29, 0.717) is 13.0 Å². The van der Waals surface area contributed by atoms with Crippen LogP contribution in [0.1, 0.15) is 57.8 Å². The van der Waals surface area contributed by atoms with Crippen LogP contribution in [0.15, 0.2) is 18.2 Å². The van der Waals surface area contributed by atoms with Crippen LogP contribution in [0.5, 0.6) is 5.75 Å². The lowest BCUT2D eigenvalue weighted by molar-refractivity contribution is -0.164. The molecule has 2 aliphatic heterocycles. The number of nitrogens with zero attached hydrogens (tertiary/aromatic N) is 1. The van der Waals surface area contributed by atoms with Crippen LogP contribution in [0, 0.1) is 17.7 Å². The van der Waals surface area contributed by atoms with Crippen molar-refractivity contribution in [2.75, 3.05) is 13.7 Å². The third-order valence-electron chi connectivity index (χ3n) is 6.82. The smallest absolute Gasteiger partial charge is 0.310 e. The van der Waals surface area contributed by atoms with Gasteiger partial charge in [-0.15, -0.1) is 0 Å². The van der Waals surface area contributed by atoms with Gasteiger partial charge in [0.25, 0.3) is 5.91 Å². The molecule has 2 heterocycles. The molecule has 204 valence electrons. The molecule has 37 heavy (non-hydrogen) atoms. The Labute approximate surface area is 216 Å². The van der Waals surface area contributed by atoms with Gasteiger partial charge in [0.15, 0.2) is 11.6 Å². The molecule has 6 atom stereocenters. The first-order valence-corrected chi connectivity index (χ1v) is 12.6. The fourth-order valence-electron chi connectivity index (χ4n) is 5.04. The van der Waals surface area contributed by atoms with Crippen molar-refractivity contribution in [2.45, 2.75) is 77.9 Å². The Balaban J connectivity index is 1.81. The summed E-state index contributed by atoms with van der Waals surface area (Å²) in [5.41, 5.74) is -0.247. The second kappa shape index (κ2) is 11.9. The molecular weight excluding hydrogens is 485 g/mol. The average molecular weight is 522 g/mol. The van der Waals surface area contributed by atoms with Crippen LogP contribution in [0.4, 0.5) is 4.39 Å². The number of amides is 3. The van der Waals surface area contributed by atoms with Crippen molar-refractivity contribution in [1.82, 2.24) is 15.5 Å². The van der Waals surface area contributed by atoms with E-state index in [1.807, 2.05) is 13.8 Å². The Morgan fingerprint density at radius 1 is 1.24 bits per heavy atom. The topological polar surface area (TPSA) is 123 Å². The molecule has 0 radical (unpaired) electrons. The van der Waals surface area contributed by atoms with Gasteiger partial charge in [0.1, 0.15) is 18.1 Å². The zero-order valence-electron chi connectivity index (χ0n) is 22.1. The lowest BCUT2D eigenvalue weighted by Crippen LogP contribution is -2.59. The van der Waals surface area contributed by atoms with Crippen LogP contribution in [-0.2, 0) is 23.9 Å². The maximum absolute atomic E-state index is 14.7. The first-order chi connectivity index (χ1) is 17.5. The van der Waals surface area contributed by atoms with Crippen LogP contribution >= 0.6 is 0 Å². The second-order valence-corrected chi connectivity index (χ2v) is 9.90. The molecule has 1 aromatic rings. The number of halogens is 1. The van der Waals surface area contributed by atoms with Gasteiger partial charge >= 0.3 is 5.97 Å². The van der Waals surface area contributed by atoms with Crippen molar-refractivity contribution in [3.05, 3.63) is 29.6 Å². The zero-order valence-corrected chi connectivity index (χ0v) is 22.1. The molecule has 0 bridgehead atoms. The molecule has 2 saturated heterocycles. The molecule has 10 nitrogen and oxygen atoms in total. The van der Waals surface area contributed by atoms with Gasteiger partial charge in [-0.2, -0.15) is 0 Å². The molecular formula is C26H36FN3O7. The van der Waals surface area contributed by atoms with Crippen LogP contribution in [-0.4, -0.2) is 72.8 Å². The zero-order chi connectivity index (χ0) is 27.4. The SMILES string of the molecule is CCOC1OC(=O)CC1NC(=O)C1C(C)CC(C)N1C(=O)C(NC(=O)c1cccc(OC)c1F)C(C)C. The standard InChI is InChI=1S/C26H36FN3O7/c1-7-36-26-17(12-19(31)37-26)28-24(33)22-14(4)11-15(5)30(22)25(34)21(13(2)3)29-23(32)16-9-8-10-18(35-6)20(16)27/h8-10,13-15,17,21-22,26H,7,11-12H2,1-6H3,(H,28,33)(H,29,32). The van der Waals surface area contributed by atoms with Gasteiger partial charge in [-0.05, 0) is 44.2 Å². The van der Waals surface area contributed by atoms with E-state index in [4.69, 9.17) is 14.2 Å². The number of esters is 1. The number of nitrogens with one attached hydrogen (secondary N) is 2. The molecule has 3 amide bonds. The van der Waals surface area contributed by atoms with Crippen molar-refractivity contribution >= 4 is 23.7 Å². The van der Waals surface area contributed by atoms with Crippen LogP contribution < -0.4 is 15.4 Å². The summed E-state index contributed by atoms with van der Waals surface area (Å²) in [5.74, 6) is -3.53. The molecule has 0 spiro atoms. The highest BCUT2D eigenvalue weighted by atomic mass is 19.1. The van der Waals surface area contributed by atoms with E-state index < -0.39 is 53.9 Å². The lowest BCUT2D eigenvalue weighted by Gasteiger charge is -2.34. The minimum Gasteiger partial charge on any atom is -0.494 e. The monoisotopic (exact) mass is 521 g/mol. The Morgan fingerprint density at radius 2 is 1.95 bits per heavy atom. The van der Waals surface area contributed by atoms with Gasteiger partial charge in [-0.3, -0.25) is 19.2 Å². The molecule has 2 N–H and O–H groups in total. The fourth-order valence-corrected chi connectivity index (χ4v) is 5.04. The quantitative estimate of drug-likeness (QED) is 0.477. The van der Waals surface area contributed by atoms with E-state index in [9.17, 15) is 23.6 Å². The van der Waals surface area contributed by atoms with Gasteiger partial charge in [-0.1, -0.05) is 26.8 Å². The van der Waals surface area contributed by atoms with Crippen molar-refractivity contribution in [3.8, 4) is 5.75 Å². The number of hydrogen-bond donors (Lipinski definition) is 2. The fraction of sp³-hybridized carbons (Fsp3) is 0.615. The van der Waals surface area contributed by atoms with Gasteiger partial charge in [0, 0.05) is 12.6 Å². The Kier molecular flexibility index (Phi) is 9.12. The van der Waals surface area contributed by atoms with Crippen molar-refractivity contribution < 1.29 is 37.8 Å². The molecule has 2 aliphatic rings. The first-order valence-electron chi connectivity index (χ1n) is 12.6. The Bertz CT molecular complexity index is 1030. The number of carbonyl (C=O) groups excluding carboxylic acids is 4. The molecule has 2 fully saturated rings. The van der Waals surface area contributed by atoms with E-state index in [1.54, 1.807) is 20.8 Å². The summed E-state index contributed by atoms with van der Waals surface area (Å²) >= 11 is 0. The molecule has 6 unspecified atom stereocenters. The number of hydrogen-bond acceptors (Lipinski definition) is 7. The number of cyclic esters (lactones) is 1. The normalized spacial score (nSPS) is 26.1. The van der Waals surface area contributed by atoms with Gasteiger partial charge < -0.3 is 29.7 Å². The third kappa shape index (κ3) is 6.03. The van der Waals surface area contributed by atoms with E-state index in [2.05, 4.69) is 10.6 Å². The number of likely N-dealkylation sites (tertiary alicyclic amines) is 1. The highest BCUT2D eigenvalue weighted by molar-refractivity contribution is 5.99. The number of rotatable bonds is 9. The molecule has 0 aliphatic carbocycles. The van der Waals surface area contributed by atoms with Gasteiger partial charge in [0.2, 0.25) is 18.1 Å². The predicted molar refractivity (Wildman–Crippen MR) is 131 cm³/mol. The van der Waals surface area contributed by atoms with Crippen molar-refractivity contribution in [3.63, 3.8) is 0 Å². The summed E-state index contributed by atoms with van der Waals surface area (Å²) in [4.78, 5) is 53.4. The summed E-state index contributed by atoms with van der Waals surface area (Å²) < 4.78 is 30.2. The molecule has 3 rings (SSSR count). The maximum Gasteiger partial charge on any atom is 0.310 e. The molecule has 11 heteroatoms. The van der Waals surface area contributed by atoms with Gasteiger partial charge in [0.05, 0.1) is 19.1 Å². The summed E-state index contributed by atoms with van der Waals surface area (Å²) in [5, 5.41) is 5.48. The molecule has 1 aromatic carbocycles. The van der Waals surface area contributed by atoms with E-state index >= 15 is 0 Å². The van der Waals surface area contributed by atoms with Crippen LogP contribution in [0.25, 0.3) is 0 Å². The molecule has 0 aromatic heterocycles. The minimum atomic E-state index is -1.01. The van der Waals surface area contributed by atoms with Crippen molar-refractivity contribution in [1.29, 1.82) is 0 Å². The number of benzene rings is 1. The summed E-state index contributed by atoms with van der Waals surface area (Å²) in [6.07, 6.45) is -0.347. The number of ether oxygens (including phenoxy) is 3. The van der Waals surface area contributed by atoms with Crippen LogP contribution in [0.2, 0.25) is 0 Å². The lowest BCUT2D eigenvalue weighted by atomic mass is 9.99. The van der Waals surface area contributed by atoms with E-state index in [-0.39, 0.29) is 35.6 Å². The Morgan fingerprint density at radius 3 is 2.57 bits per heavy atom. The summed E-state index contributed by atoms with van der Waals surface area (Å²) in [6.45, 7) is 9.29. The summed E-state index contributed by atoms with van der Waals surface area (Å²) in [6, 6.07) is 1.41. The predicted octanol–water partition coefficient (Wildman–Crippen LogP) is 2.01. The second-order valence-electron chi connectivity index (χ2n) is 9.90. The maximum atomic E-state index is 14.7. The van der Waals surface area contributed by atoms with Gasteiger partial charge in [-0.25, -0.2) is 4.39 Å². The first kappa shape index (κ1) is 28.4. The molecule has 0 saturated carbocycles. The summed E-state index contributed by atoms with van der Waals surface area (Å²) in [7, 11) is 1.30. The largest absolute Gasteiger partial charge is 0.494 e. The average Bonchev–Trinajstić information content (AvgIpc) is 3.33. The van der Waals surface area contributed by atoms with Crippen molar-refractivity contribution in [2.24, 2.45) is 11.8 Å². The highest BCUT2D eigenvalue weighted by Crippen LogP contribution is 2.32. The highest BCUT2D eigenvalue weighted by Gasteiger charge is 2.48. The Hall–Kier alpha value is -3.21. The van der Waals surface area contributed by atoms with Crippen LogP contribution in [0.3, 0.4) is 0 Å². The number of methoxy groups -OCH3 is 1. The van der Waals surface area contributed by atoms with E-state index in [1.165, 1.54) is 30.2 Å². The van der Waals surface area contributed by atoms with E-state index in [0.717, 1.165) is 0 Å². The minimum absolute atomic E-state index is 0.0300. The number of carbonyl (C=O) groups is 4. The third-order valence-corrected chi connectivity index (χ3v) is 6.82.